The number of para-hydroxylation sites is 1. The van der Waals surface area contributed by atoms with Gasteiger partial charge in [-0.3, -0.25) is 0 Å². The van der Waals surface area contributed by atoms with Crippen molar-refractivity contribution in [2.75, 3.05) is 18.5 Å². The fourth-order valence-corrected chi connectivity index (χ4v) is 3.09. The average Bonchev–Trinajstić information content (AvgIpc) is 2.45. The summed E-state index contributed by atoms with van der Waals surface area (Å²) in [7, 11) is 2.27. The lowest BCUT2D eigenvalue weighted by Crippen LogP contribution is -2.35. The molecule has 0 aliphatic heterocycles. The van der Waals surface area contributed by atoms with Crippen LogP contribution in [0.5, 0.6) is 0 Å². The van der Waals surface area contributed by atoms with Gasteiger partial charge in [0.1, 0.15) is 0 Å². The Kier molecular flexibility index (Phi) is 5.26. The van der Waals surface area contributed by atoms with Crippen LogP contribution in [0.1, 0.15) is 45.1 Å². The Morgan fingerprint density at radius 3 is 2.53 bits per heavy atom. The first-order chi connectivity index (χ1) is 9.22. The van der Waals surface area contributed by atoms with Crippen molar-refractivity contribution in [1.82, 2.24) is 5.32 Å². The number of nitrogens with zero attached hydrogens (tertiary/aromatic N) is 1. The summed E-state index contributed by atoms with van der Waals surface area (Å²) >= 11 is 0. The number of hydrogen-bond acceptors (Lipinski definition) is 2. The quantitative estimate of drug-likeness (QED) is 0.866. The highest BCUT2D eigenvalue weighted by Crippen LogP contribution is 2.30. The molecule has 0 spiro atoms. The van der Waals surface area contributed by atoms with Gasteiger partial charge in [0.2, 0.25) is 0 Å². The molecule has 19 heavy (non-hydrogen) atoms. The number of rotatable bonds is 5. The Labute approximate surface area is 118 Å². The van der Waals surface area contributed by atoms with Crippen LogP contribution in [0.4, 0.5) is 5.69 Å². The van der Waals surface area contributed by atoms with Gasteiger partial charge in [-0.05, 0) is 49.8 Å². The molecule has 106 valence electrons. The highest BCUT2D eigenvalue weighted by atomic mass is 15.1. The van der Waals surface area contributed by atoms with E-state index in [9.17, 15) is 0 Å². The summed E-state index contributed by atoms with van der Waals surface area (Å²) < 4.78 is 0. The van der Waals surface area contributed by atoms with Crippen LogP contribution in [-0.2, 0) is 6.54 Å². The van der Waals surface area contributed by atoms with E-state index in [-0.39, 0.29) is 0 Å². The van der Waals surface area contributed by atoms with Crippen molar-refractivity contribution in [3.05, 3.63) is 29.8 Å². The lowest BCUT2D eigenvalue weighted by molar-refractivity contribution is 0.340. The van der Waals surface area contributed by atoms with E-state index in [0.717, 1.165) is 25.0 Å². The fourth-order valence-electron chi connectivity index (χ4n) is 3.09. The molecule has 1 aromatic carbocycles. The van der Waals surface area contributed by atoms with Crippen molar-refractivity contribution in [3.63, 3.8) is 0 Å². The summed E-state index contributed by atoms with van der Waals surface area (Å²) in [6.45, 7) is 6.54. The van der Waals surface area contributed by atoms with Gasteiger partial charge in [-0.2, -0.15) is 0 Å². The molecule has 0 heterocycles. The summed E-state index contributed by atoms with van der Waals surface area (Å²) in [5, 5.41) is 3.44. The molecular weight excluding hydrogens is 232 g/mol. The van der Waals surface area contributed by atoms with E-state index < -0.39 is 0 Å². The van der Waals surface area contributed by atoms with Crippen molar-refractivity contribution in [2.24, 2.45) is 5.92 Å². The van der Waals surface area contributed by atoms with Gasteiger partial charge in [0.05, 0.1) is 0 Å². The largest absolute Gasteiger partial charge is 0.371 e. The van der Waals surface area contributed by atoms with Crippen molar-refractivity contribution in [2.45, 2.75) is 52.1 Å². The lowest BCUT2D eigenvalue weighted by atomic mass is 9.86. The minimum absolute atomic E-state index is 0.721. The van der Waals surface area contributed by atoms with Gasteiger partial charge in [-0.1, -0.05) is 32.0 Å². The van der Waals surface area contributed by atoms with Gasteiger partial charge >= 0.3 is 0 Å². The second kappa shape index (κ2) is 6.95. The monoisotopic (exact) mass is 260 g/mol. The maximum atomic E-state index is 3.44. The second-order valence-corrected chi connectivity index (χ2v) is 5.93. The van der Waals surface area contributed by atoms with Crippen LogP contribution in [0.3, 0.4) is 0 Å². The summed E-state index contributed by atoms with van der Waals surface area (Å²) in [5.74, 6) is 0.918. The summed E-state index contributed by atoms with van der Waals surface area (Å²) in [5.41, 5.74) is 2.83. The Balaban J connectivity index is 2.07. The molecule has 1 fully saturated rings. The van der Waals surface area contributed by atoms with E-state index in [1.807, 2.05) is 0 Å². The first-order valence-corrected chi connectivity index (χ1v) is 7.73. The highest BCUT2D eigenvalue weighted by molar-refractivity contribution is 5.53. The van der Waals surface area contributed by atoms with Crippen molar-refractivity contribution >= 4 is 5.69 Å². The van der Waals surface area contributed by atoms with Crippen LogP contribution in [0.2, 0.25) is 0 Å². The van der Waals surface area contributed by atoms with Gasteiger partial charge in [0.15, 0.2) is 0 Å². The van der Waals surface area contributed by atoms with Crippen molar-refractivity contribution < 1.29 is 0 Å². The van der Waals surface area contributed by atoms with Crippen molar-refractivity contribution in [1.29, 1.82) is 0 Å². The Morgan fingerprint density at radius 2 is 1.84 bits per heavy atom. The number of benzene rings is 1. The summed E-state index contributed by atoms with van der Waals surface area (Å²) in [4.78, 5) is 2.51. The third-order valence-corrected chi connectivity index (χ3v) is 4.47. The van der Waals surface area contributed by atoms with Gasteiger partial charge in [0, 0.05) is 25.3 Å². The molecule has 1 aliphatic carbocycles. The van der Waals surface area contributed by atoms with Crippen LogP contribution in [0.15, 0.2) is 24.3 Å². The van der Waals surface area contributed by atoms with E-state index in [4.69, 9.17) is 0 Å². The Hall–Kier alpha value is -1.02. The minimum Gasteiger partial charge on any atom is -0.371 e. The lowest BCUT2D eigenvalue weighted by Gasteiger charge is -2.36. The number of hydrogen-bond donors (Lipinski definition) is 1. The zero-order valence-electron chi connectivity index (χ0n) is 12.7. The van der Waals surface area contributed by atoms with E-state index in [0.29, 0.717) is 0 Å². The average molecular weight is 260 g/mol. The number of anilines is 1. The van der Waals surface area contributed by atoms with Crippen LogP contribution in [0, 0.1) is 5.92 Å². The molecule has 0 saturated heterocycles. The van der Waals surface area contributed by atoms with Gasteiger partial charge in [-0.15, -0.1) is 0 Å². The van der Waals surface area contributed by atoms with E-state index in [1.165, 1.54) is 36.9 Å². The smallest absolute Gasteiger partial charge is 0.0411 e. The standard InChI is InChI=1S/C17H28N2/c1-4-18-13-15-7-5-6-8-17(15)19(3)16-11-9-14(2)10-12-16/h5-8,14,16,18H,4,9-13H2,1-3H3. The van der Waals surface area contributed by atoms with Crippen LogP contribution < -0.4 is 10.2 Å². The van der Waals surface area contributed by atoms with E-state index >= 15 is 0 Å². The van der Waals surface area contributed by atoms with Crippen LogP contribution in [0.25, 0.3) is 0 Å². The molecule has 0 bridgehead atoms. The molecular formula is C17H28N2. The minimum atomic E-state index is 0.721. The summed E-state index contributed by atoms with van der Waals surface area (Å²) in [6, 6.07) is 9.55. The molecule has 1 saturated carbocycles. The topological polar surface area (TPSA) is 15.3 Å². The molecule has 2 rings (SSSR count). The van der Waals surface area contributed by atoms with E-state index in [2.05, 4.69) is 55.4 Å². The molecule has 0 aromatic heterocycles. The molecule has 0 amide bonds. The Bertz CT molecular complexity index is 381. The van der Waals surface area contributed by atoms with Crippen LogP contribution >= 0.6 is 0 Å². The predicted molar refractivity (Wildman–Crippen MR) is 83.6 cm³/mol. The first-order valence-electron chi connectivity index (χ1n) is 7.73. The zero-order valence-corrected chi connectivity index (χ0v) is 12.7. The Morgan fingerprint density at radius 1 is 1.16 bits per heavy atom. The second-order valence-electron chi connectivity index (χ2n) is 5.93. The molecule has 0 radical (unpaired) electrons. The van der Waals surface area contributed by atoms with E-state index in [1.54, 1.807) is 0 Å². The summed E-state index contributed by atoms with van der Waals surface area (Å²) in [6.07, 6.45) is 5.44. The highest BCUT2D eigenvalue weighted by Gasteiger charge is 2.22. The third-order valence-electron chi connectivity index (χ3n) is 4.47. The van der Waals surface area contributed by atoms with Crippen molar-refractivity contribution in [3.8, 4) is 0 Å². The SMILES string of the molecule is CCNCc1ccccc1N(C)C1CCC(C)CC1. The number of nitrogens with one attached hydrogen (secondary N) is 1. The van der Waals surface area contributed by atoms with Gasteiger partial charge in [-0.25, -0.2) is 0 Å². The molecule has 1 aliphatic rings. The molecule has 0 atom stereocenters. The molecule has 1 aromatic rings. The van der Waals surface area contributed by atoms with Crippen LogP contribution in [-0.4, -0.2) is 19.6 Å². The fraction of sp³-hybridized carbons (Fsp3) is 0.647. The molecule has 1 N–H and O–H groups in total. The predicted octanol–water partition coefficient (Wildman–Crippen LogP) is 3.81. The molecule has 2 nitrogen and oxygen atoms in total. The molecule has 2 heteroatoms. The maximum Gasteiger partial charge on any atom is 0.0411 e. The zero-order chi connectivity index (χ0) is 13.7. The molecule has 0 unspecified atom stereocenters. The first kappa shape index (κ1) is 14.4. The maximum absolute atomic E-state index is 3.44. The third kappa shape index (κ3) is 3.73. The normalized spacial score (nSPS) is 23.3. The van der Waals surface area contributed by atoms with Gasteiger partial charge < -0.3 is 10.2 Å². The van der Waals surface area contributed by atoms with Gasteiger partial charge in [0.25, 0.3) is 0 Å².